The molecular formula is C20H25N3O3S. The number of aromatic nitrogens is 2. The van der Waals surface area contributed by atoms with E-state index in [1.165, 1.54) is 0 Å². The molecule has 1 aromatic heterocycles. The summed E-state index contributed by atoms with van der Waals surface area (Å²) in [5, 5.41) is 10.5. The molecule has 1 fully saturated rings. The smallest absolute Gasteiger partial charge is 0.260 e. The van der Waals surface area contributed by atoms with Gasteiger partial charge in [0.25, 0.3) is 5.91 Å². The summed E-state index contributed by atoms with van der Waals surface area (Å²) >= 11 is 1.66. The largest absolute Gasteiger partial charge is 0.483 e. The summed E-state index contributed by atoms with van der Waals surface area (Å²) in [7, 11) is 0. The zero-order valence-electron chi connectivity index (χ0n) is 16.0. The van der Waals surface area contributed by atoms with Crippen molar-refractivity contribution in [2.24, 2.45) is 0 Å². The highest BCUT2D eigenvalue weighted by Gasteiger charge is 2.32. The average molecular weight is 388 g/mol. The fourth-order valence-electron chi connectivity index (χ4n) is 3.78. The van der Waals surface area contributed by atoms with Gasteiger partial charge in [-0.05, 0) is 39.7 Å². The number of carbonyl (C=O) groups is 1. The molecule has 0 radical (unpaired) electrons. The normalized spacial score (nSPS) is 18.9. The Kier molecular flexibility index (Phi) is 4.80. The van der Waals surface area contributed by atoms with Crippen LogP contribution in [0.15, 0.2) is 18.2 Å². The number of nitrogens with zero attached hydrogens (tertiary/aromatic N) is 3. The van der Waals surface area contributed by atoms with Gasteiger partial charge in [-0.3, -0.25) is 4.79 Å². The number of fused-ring (bicyclic) bond motifs is 1. The molecule has 0 atom stereocenters. The van der Waals surface area contributed by atoms with Gasteiger partial charge in [-0.1, -0.05) is 12.1 Å². The van der Waals surface area contributed by atoms with E-state index in [4.69, 9.17) is 9.47 Å². The van der Waals surface area contributed by atoms with Gasteiger partial charge in [-0.2, -0.15) is 0 Å². The Morgan fingerprint density at radius 3 is 2.81 bits per heavy atom. The summed E-state index contributed by atoms with van der Waals surface area (Å²) < 4.78 is 11.8. The Labute approximate surface area is 163 Å². The molecule has 0 bridgehead atoms. The third kappa shape index (κ3) is 3.93. The molecule has 2 aliphatic heterocycles. The molecular weight excluding hydrogens is 362 g/mol. The van der Waals surface area contributed by atoms with Gasteiger partial charge >= 0.3 is 0 Å². The van der Waals surface area contributed by atoms with Crippen LogP contribution in [0.25, 0.3) is 0 Å². The third-order valence-corrected chi connectivity index (χ3v) is 6.15. The van der Waals surface area contributed by atoms with Crippen molar-refractivity contribution in [1.82, 2.24) is 15.1 Å². The summed E-state index contributed by atoms with van der Waals surface area (Å²) in [5.74, 6) is 1.87. The van der Waals surface area contributed by atoms with E-state index >= 15 is 0 Å². The number of ether oxygens (including phenoxy) is 2. The zero-order valence-corrected chi connectivity index (χ0v) is 16.8. The van der Waals surface area contributed by atoms with Crippen LogP contribution >= 0.6 is 11.3 Å². The molecule has 1 aromatic carbocycles. The minimum absolute atomic E-state index is 0.0248. The van der Waals surface area contributed by atoms with Gasteiger partial charge in [-0.25, -0.2) is 0 Å². The van der Waals surface area contributed by atoms with Crippen molar-refractivity contribution < 1.29 is 14.3 Å². The van der Waals surface area contributed by atoms with Gasteiger partial charge in [0.1, 0.15) is 15.6 Å². The summed E-state index contributed by atoms with van der Waals surface area (Å²) in [6.07, 6.45) is 2.71. The molecule has 1 saturated heterocycles. The van der Waals surface area contributed by atoms with E-state index < -0.39 is 0 Å². The molecule has 0 unspecified atom stereocenters. The Bertz CT molecular complexity index is 841. The lowest BCUT2D eigenvalue weighted by atomic mass is 9.97. The lowest BCUT2D eigenvalue weighted by Gasteiger charge is -2.31. The zero-order chi connectivity index (χ0) is 19.0. The second-order valence-electron chi connectivity index (χ2n) is 7.89. The second-order valence-corrected chi connectivity index (χ2v) is 9.10. The van der Waals surface area contributed by atoms with Crippen molar-refractivity contribution in [2.45, 2.75) is 51.6 Å². The molecule has 4 rings (SSSR count). The van der Waals surface area contributed by atoms with Crippen molar-refractivity contribution in [1.29, 1.82) is 0 Å². The topological polar surface area (TPSA) is 64.6 Å². The van der Waals surface area contributed by atoms with E-state index in [-0.39, 0.29) is 18.1 Å². The van der Waals surface area contributed by atoms with Crippen LogP contribution in [-0.2, 0) is 11.2 Å². The number of benzene rings is 1. The molecule has 27 heavy (non-hydrogen) atoms. The Balaban J connectivity index is 1.32. The first kappa shape index (κ1) is 18.2. The van der Waals surface area contributed by atoms with Gasteiger partial charge in [0.05, 0.1) is 0 Å². The van der Waals surface area contributed by atoms with Crippen molar-refractivity contribution >= 4 is 17.2 Å². The van der Waals surface area contributed by atoms with E-state index in [9.17, 15) is 4.79 Å². The molecule has 0 saturated carbocycles. The molecule has 3 heterocycles. The maximum Gasteiger partial charge on any atom is 0.260 e. The van der Waals surface area contributed by atoms with Gasteiger partial charge in [-0.15, -0.1) is 21.5 Å². The average Bonchev–Trinajstić information content (AvgIpc) is 3.21. The molecule has 144 valence electrons. The number of hydrogen-bond donors (Lipinski definition) is 0. The number of aryl methyl sites for hydroxylation is 1. The van der Waals surface area contributed by atoms with E-state index in [0.717, 1.165) is 53.7 Å². The minimum Gasteiger partial charge on any atom is -0.483 e. The lowest BCUT2D eigenvalue weighted by molar-refractivity contribution is -0.134. The van der Waals surface area contributed by atoms with E-state index in [0.29, 0.717) is 11.7 Å². The van der Waals surface area contributed by atoms with Crippen LogP contribution in [0.2, 0.25) is 0 Å². The fourth-order valence-corrected chi connectivity index (χ4v) is 4.65. The predicted molar refractivity (Wildman–Crippen MR) is 104 cm³/mol. The van der Waals surface area contributed by atoms with E-state index in [1.807, 2.05) is 24.0 Å². The van der Waals surface area contributed by atoms with Crippen LogP contribution < -0.4 is 9.47 Å². The molecule has 1 amide bonds. The number of para-hydroxylation sites is 1. The number of hydrogen-bond acceptors (Lipinski definition) is 6. The fraction of sp³-hybridized carbons (Fsp3) is 0.550. The van der Waals surface area contributed by atoms with Crippen LogP contribution in [0.3, 0.4) is 0 Å². The molecule has 2 aliphatic rings. The van der Waals surface area contributed by atoms with Crippen LogP contribution in [-0.4, -0.2) is 46.3 Å². The highest BCUT2D eigenvalue weighted by atomic mass is 32.1. The number of likely N-dealkylation sites (tertiary alicyclic amines) is 1. The molecule has 6 nitrogen and oxygen atoms in total. The highest BCUT2D eigenvalue weighted by molar-refractivity contribution is 7.11. The van der Waals surface area contributed by atoms with Crippen molar-refractivity contribution in [3.63, 3.8) is 0 Å². The number of amides is 1. The highest BCUT2D eigenvalue weighted by Crippen LogP contribution is 2.41. The van der Waals surface area contributed by atoms with Crippen LogP contribution in [0, 0.1) is 6.92 Å². The van der Waals surface area contributed by atoms with Gasteiger partial charge in [0, 0.05) is 31.0 Å². The summed E-state index contributed by atoms with van der Waals surface area (Å²) in [6.45, 7) is 7.62. The second kappa shape index (κ2) is 7.11. The quantitative estimate of drug-likeness (QED) is 0.805. The Hall–Kier alpha value is -2.15. The Morgan fingerprint density at radius 2 is 2.11 bits per heavy atom. The maximum absolute atomic E-state index is 12.6. The Morgan fingerprint density at radius 1 is 1.33 bits per heavy atom. The summed E-state index contributed by atoms with van der Waals surface area (Å²) in [6, 6.07) is 5.88. The SMILES string of the molecule is Cc1nnc(C2CCN(C(=O)COc3cccc4c3OC(C)(C)C4)CC2)s1. The standard InChI is InChI=1S/C20H25N3O3S/c1-13-21-22-19(27-13)14-7-9-23(10-8-14)17(24)12-25-16-6-4-5-15-11-20(2,3)26-18(15)16/h4-6,14H,7-12H2,1-3H3. The van der Waals surface area contributed by atoms with Crippen molar-refractivity contribution in [3.05, 3.63) is 33.8 Å². The predicted octanol–water partition coefficient (Wildman–Crippen LogP) is 3.35. The van der Waals surface area contributed by atoms with Crippen molar-refractivity contribution in [3.8, 4) is 11.5 Å². The number of rotatable bonds is 4. The third-order valence-electron chi connectivity index (χ3n) is 5.14. The maximum atomic E-state index is 12.6. The first-order chi connectivity index (χ1) is 12.9. The van der Waals surface area contributed by atoms with Crippen LogP contribution in [0.5, 0.6) is 11.5 Å². The van der Waals surface area contributed by atoms with E-state index in [2.05, 4.69) is 30.1 Å². The van der Waals surface area contributed by atoms with Gasteiger partial charge in [0.15, 0.2) is 18.1 Å². The molecule has 0 spiro atoms. The first-order valence-electron chi connectivity index (χ1n) is 9.43. The summed E-state index contributed by atoms with van der Waals surface area (Å²) in [4.78, 5) is 14.5. The number of carbonyl (C=O) groups excluding carboxylic acids is 1. The van der Waals surface area contributed by atoms with Crippen molar-refractivity contribution in [2.75, 3.05) is 19.7 Å². The minimum atomic E-state index is -0.225. The monoisotopic (exact) mass is 387 g/mol. The summed E-state index contributed by atoms with van der Waals surface area (Å²) in [5.41, 5.74) is 0.912. The number of piperidine rings is 1. The molecule has 0 aliphatic carbocycles. The lowest BCUT2D eigenvalue weighted by Crippen LogP contribution is -2.40. The van der Waals surface area contributed by atoms with Gasteiger partial charge in [0.2, 0.25) is 0 Å². The van der Waals surface area contributed by atoms with E-state index in [1.54, 1.807) is 11.3 Å². The molecule has 7 heteroatoms. The van der Waals surface area contributed by atoms with Crippen LogP contribution in [0.1, 0.15) is 48.2 Å². The van der Waals surface area contributed by atoms with Gasteiger partial charge < -0.3 is 14.4 Å². The van der Waals surface area contributed by atoms with Crippen LogP contribution in [0.4, 0.5) is 0 Å². The first-order valence-corrected chi connectivity index (χ1v) is 10.2. The molecule has 2 aromatic rings. The molecule has 0 N–H and O–H groups in total.